The molecule has 1 N–H and O–H groups in total. The monoisotopic (exact) mass is 306 g/mol. The molecular weight excluding hydrogens is 280 g/mol. The van der Waals surface area contributed by atoms with Gasteiger partial charge in [0.25, 0.3) is 0 Å². The van der Waals surface area contributed by atoms with Crippen LogP contribution in [0.5, 0.6) is 0 Å². The Balaban J connectivity index is 2.13. The highest BCUT2D eigenvalue weighted by Gasteiger charge is 2.13. The van der Waals surface area contributed by atoms with Gasteiger partial charge in [0.05, 0.1) is 5.52 Å². The molecule has 2 aromatic heterocycles. The first kappa shape index (κ1) is 16.2. The van der Waals surface area contributed by atoms with Gasteiger partial charge in [0.1, 0.15) is 0 Å². The summed E-state index contributed by atoms with van der Waals surface area (Å²) in [6.07, 6.45) is 4.16. The number of aromatic nitrogens is 3. The number of hydrogen-bond acceptors (Lipinski definition) is 3. The number of aromatic amines is 1. The van der Waals surface area contributed by atoms with Crippen LogP contribution >= 0.6 is 12.2 Å². The van der Waals surface area contributed by atoms with Gasteiger partial charge in [-0.1, -0.05) is 13.8 Å². The molecule has 0 saturated carbocycles. The van der Waals surface area contributed by atoms with Crippen LogP contribution < -0.4 is 0 Å². The third-order valence-corrected chi connectivity index (χ3v) is 4.55. The molecule has 1 unspecified atom stereocenters. The minimum Gasteiger partial charge on any atom is -0.329 e. The van der Waals surface area contributed by atoms with Crippen molar-refractivity contribution in [3.8, 4) is 0 Å². The smallest absolute Gasteiger partial charge is 0.179 e. The van der Waals surface area contributed by atoms with Gasteiger partial charge in [-0.2, -0.15) is 0 Å². The van der Waals surface area contributed by atoms with Crippen molar-refractivity contribution in [2.24, 2.45) is 0 Å². The molecule has 2 rings (SSSR count). The second-order valence-electron chi connectivity index (χ2n) is 5.64. The number of hydrogen-bond donors (Lipinski definition) is 1. The van der Waals surface area contributed by atoms with Crippen LogP contribution in [0.3, 0.4) is 0 Å². The average molecular weight is 306 g/mol. The number of nitrogens with zero attached hydrogens (tertiary/aromatic N) is 3. The van der Waals surface area contributed by atoms with Crippen LogP contribution in [-0.2, 0) is 0 Å². The first-order valence-corrected chi connectivity index (χ1v) is 8.27. The van der Waals surface area contributed by atoms with Crippen LogP contribution in [0.15, 0.2) is 12.3 Å². The normalized spacial score (nSPS) is 13.2. The quantitative estimate of drug-likeness (QED) is 0.783. The number of rotatable bonds is 7. The minimum absolute atomic E-state index is 0.371. The van der Waals surface area contributed by atoms with Gasteiger partial charge < -0.3 is 9.88 Å². The predicted octanol–water partition coefficient (Wildman–Crippen LogP) is 4.09. The Morgan fingerprint density at radius 2 is 2.10 bits per heavy atom. The van der Waals surface area contributed by atoms with E-state index in [1.807, 2.05) is 12.3 Å². The van der Waals surface area contributed by atoms with Crippen molar-refractivity contribution in [2.75, 3.05) is 19.6 Å². The highest BCUT2D eigenvalue weighted by molar-refractivity contribution is 7.71. The molecule has 0 aliphatic rings. The summed E-state index contributed by atoms with van der Waals surface area (Å²) in [5.74, 6) is 0. The van der Waals surface area contributed by atoms with Crippen molar-refractivity contribution in [1.82, 2.24) is 19.4 Å². The summed E-state index contributed by atoms with van der Waals surface area (Å²) < 4.78 is 2.95. The molecule has 0 fully saturated rings. The zero-order chi connectivity index (χ0) is 15.4. The maximum absolute atomic E-state index is 5.49. The lowest BCUT2D eigenvalue weighted by atomic mass is 10.1. The summed E-state index contributed by atoms with van der Waals surface area (Å²) in [7, 11) is 0. The Bertz CT molecular complexity index is 639. The zero-order valence-electron chi connectivity index (χ0n) is 13.5. The fourth-order valence-electron chi connectivity index (χ4n) is 2.83. The number of pyridine rings is 1. The van der Waals surface area contributed by atoms with E-state index >= 15 is 0 Å². The van der Waals surface area contributed by atoms with E-state index in [2.05, 4.69) is 47.1 Å². The SMILES string of the molecule is CCN(CC)CCCC(C)n1c(=S)[nH]c2c(C)ccnc21. The molecule has 0 aliphatic carbocycles. The summed E-state index contributed by atoms with van der Waals surface area (Å²) in [6, 6.07) is 2.39. The summed E-state index contributed by atoms with van der Waals surface area (Å²) in [5.41, 5.74) is 3.24. The maximum Gasteiger partial charge on any atom is 0.179 e. The van der Waals surface area contributed by atoms with Crippen molar-refractivity contribution in [1.29, 1.82) is 0 Å². The van der Waals surface area contributed by atoms with Crippen LogP contribution in [0.2, 0.25) is 0 Å². The fourth-order valence-corrected chi connectivity index (χ4v) is 3.20. The second kappa shape index (κ2) is 7.18. The van der Waals surface area contributed by atoms with Gasteiger partial charge in [0, 0.05) is 12.2 Å². The molecule has 1 atom stereocenters. The number of H-pyrrole nitrogens is 1. The van der Waals surface area contributed by atoms with E-state index in [9.17, 15) is 0 Å². The minimum atomic E-state index is 0.371. The van der Waals surface area contributed by atoms with Gasteiger partial charge in [-0.15, -0.1) is 0 Å². The van der Waals surface area contributed by atoms with E-state index < -0.39 is 0 Å². The molecule has 0 amide bonds. The topological polar surface area (TPSA) is 36.9 Å². The van der Waals surface area contributed by atoms with Crippen LogP contribution in [0, 0.1) is 11.7 Å². The first-order valence-electron chi connectivity index (χ1n) is 7.86. The van der Waals surface area contributed by atoms with Crippen molar-refractivity contribution >= 4 is 23.4 Å². The highest BCUT2D eigenvalue weighted by atomic mass is 32.1. The molecule has 0 bridgehead atoms. The summed E-state index contributed by atoms with van der Waals surface area (Å²) in [5, 5.41) is 0. The Kier molecular flexibility index (Phi) is 5.53. The summed E-state index contributed by atoms with van der Waals surface area (Å²) in [6.45, 7) is 12.2. The molecule has 5 heteroatoms. The average Bonchev–Trinajstić information content (AvgIpc) is 2.81. The van der Waals surface area contributed by atoms with Gasteiger partial charge in [-0.05, 0) is 70.2 Å². The number of fused-ring (bicyclic) bond motifs is 1. The van der Waals surface area contributed by atoms with E-state index in [1.165, 1.54) is 12.0 Å². The van der Waals surface area contributed by atoms with Crippen molar-refractivity contribution < 1.29 is 0 Å². The van der Waals surface area contributed by atoms with Crippen molar-refractivity contribution in [2.45, 2.75) is 46.6 Å². The maximum atomic E-state index is 5.49. The van der Waals surface area contributed by atoms with Gasteiger partial charge in [0.15, 0.2) is 10.4 Å². The van der Waals surface area contributed by atoms with E-state index in [0.717, 1.165) is 42.0 Å². The Hall–Kier alpha value is -1.20. The number of imidazole rings is 1. The van der Waals surface area contributed by atoms with E-state index in [0.29, 0.717) is 6.04 Å². The zero-order valence-corrected chi connectivity index (χ0v) is 14.3. The Morgan fingerprint density at radius 3 is 2.76 bits per heavy atom. The molecule has 21 heavy (non-hydrogen) atoms. The summed E-state index contributed by atoms with van der Waals surface area (Å²) >= 11 is 5.49. The van der Waals surface area contributed by atoms with Gasteiger partial charge >= 0.3 is 0 Å². The lowest BCUT2D eigenvalue weighted by Crippen LogP contribution is -2.24. The van der Waals surface area contributed by atoms with E-state index in [-0.39, 0.29) is 0 Å². The second-order valence-corrected chi connectivity index (χ2v) is 6.03. The molecule has 0 aromatic carbocycles. The standard InChI is InChI=1S/C16H26N4S/c1-5-19(6-2)11-7-8-13(4)20-15-14(18-16(20)21)12(3)9-10-17-15/h9-10,13H,5-8,11H2,1-4H3,(H,18,21). The fraction of sp³-hybridized carbons (Fsp3) is 0.625. The number of aryl methyl sites for hydroxylation is 1. The largest absolute Gasteiger partial charge is 0.329 e. The molecule has 2 aromatic rings. The van der Waals surface area contributed by atoms with Crippen LogP contribution in [0.1, 0.15) is 45.2 Å². The molecule has 0 spiro atoms. The van der Waals surface area contributed by atoms with Gasteiger partial charge in [-0.3, -0.25) is 4.57 Å². The first-order chi connectivity index (χ1) is 10.1. The molecule has 0 radical (unpaired) electrons. The molecule has 4 nitrogen and oxygen atoms in total. The van der Waals surface area contributed by atoms with E-state index in [4.69, 9.17) is 12.2 Å². The third-order valence-electron chi connectivity index (χ3n) is 4.25. The third kappa shape index (κ3) is 3.52. The molecule has 116 valence electrons. The van der Waals surface area contributed by atoms with Crippen LogP contribution in [-0.4, -0.2) is 39.1 Å². The Morgan fingerprint density at radius 1 is 1.38 bits per heavy atom. The highest BCUT2D eigenvalue weighted by Crippen LogP contribution is 2.22. The summed E-state index contributed by atoms with van der Waals surface area (Å²) in [4.78, 5) is 10.3. The van der Waals surface area contributed by atoms with Gasteiger partial charge in [-0.25, -0.2) is 4.98 Å². The molecular formula is C16H26N4S. The lowest BCUT2D eigenvalue weighted by Gasteiger charge is -2.20. The lowest BCUT2D eigenvalue weighted by molar-refractivity contribution is 0.288. The predicted molar refractivity (Wildman–Crippen MR) is 91.4 cm³/mol. The molecule has 2 heterocycles. The number of nitrogens with one attached hydrogen (secondary N) is 1. The molecule has 0 saturated heterocycles. The van der Waals surface area contributed by atoms with Crippen LogP contribution in [0.25, 0.3) is 11.2 Å². The van der Waals surface area contributed by atoms with Crippen molar-refractivity contribution in [3.05, 3.63) is 22.6 Å². The van der Waals surface area contributed by atoms with E-state index in [1.54, 1.807) is 0 Å². The van der Waals surface area contributed by atoms with Crippen LogP contribution in [0.4, 0.5) is 0 Å². The van der Waals surface area contributed by atoms with Crippen molar-refractivity contribution in [3.63, 3.8) is 0 Å². The molecule has 0 aliphatic heterocycles. The van der Waals surface area contributed by atoms with Gasteiger partial charge in [0.2, 0.25) is 0 Å². The Labute approximate surface area is 132 Å².